The van der Waals surface area contributed by atoms with Crippen molar-refractivity contribution < 1.29 is 14.3 Å². The molecule has 2 heterocycles. The number of amides is 1. The van der Waals surface area contributed by atoms with Crippen LogP contribution in [-0.2, 0) is 9.47 Å². The smallest absolute Gasteiger partial charge is 0.409 e. The molecule has 2 rings (SSSR count). The Hall–Kier alpha value is -2.09. The Morgan fingerprint density at radius 3 is 2.71 bits per heavy atom. The summed E-state index contributed by atoms with van der Waals surface area (Å²) in [5.41, 5.74) is 0. The highest BCUT2D eigenvalue weighted by Crippen LogP contribution is 2.18. The lowest BCUT2D eigenvalue weighted by atomic mass is 10.1. The first-order valence-corrected chi connectivity index (χ1v) is 8.39. The van der Waals surface area contributed by atoms with Crippen molar-refractivity contribution in [2.24, 2.45) is 0 Å². The Bertz CT molecular complexity index is 532. The normalized spacial score (nSPS) is 15.2. The van der Waals surface area contributed by atoms with Crippen molar-refractivity contribution in [3.63, 3.8) is 0 Å². The SMILES string of the molecule is CCOC(=O)N1CCC(Nc2cc(NCCOC)nc(C)n2)CC1. The zero-order chi connectivity index (χ0) is 17.4. The lowest BCUT2D eigenvalue weighted by Gasteiger charge is -2.31. The number of piperidine rings is 1. The number of carbonyl (C=O) groups excluding carboxylic acids is 1. The molecule has 0 radical (unpaired) electrons. The van der Waals surface area contributed by atoms with Gasteiger partial charge in [0.2, 0.25) is 0 Å². The summed E-state index contributed by atoms with van der Waals surface area (Å²) in [6.45, 7) is 6.81. The van der Waals surface area contributed by atoms with E-state index in [4.69, 9.17) is 9.47 Å². The van der Waals surface area contributed by atoms with Crippen LogP contribution in [0.15, 0.2) is 6.07 Å². The predicted molar refractivity (Wildman–Crippen MR) is 92.4 cm³/mol. The number of rotatable bonds is 7. The van der Waals surface area contributed by atoms with Gasteiger partial charge in [0.15, 0.2) is 0 Å². The first kappa shape index (κ1) is 18.3. The molecule has 0 bridgehead atoms. The number of carbonyl (C=O) groups is 1. The van der Waals surface area contributed by atoms with E-state index in [1.165, 1.54) is 0 Å². The van der Waals surface area contributed by atoms with Gasteiger partial charge >= 0.3 is 6.09 Å². The van der Waals surface area contributed by atoms with Gasteiger partial charge in [-0.05, 0) is 26.7 Å². The number of nitrogens with zero attached hydrogens (tertiary/aromatic N) is 3. The summed E-state index contributed by atoms with van der Waals surface area (Å²) < 4.78 is 10.1. The summed E-state index contributed by atoms with van der Waals surface area (Å²) in [4.78, 5) is 22.3. The Balaban J connectivity index is 1.86. The van der Waals surface area contributed by atoms with E-state index in [-0.39, 0.29) is 12.1 Å². The molecule has 1 aliphatic heterocycles. The molecule has 8 heteroatoms. The van der Waals surface area contributed by atoms with Gasteiger partial charge in [-0.25, -0.2) is 14.8 Å². The largest absolute Gasteiger partial charge is 0.450 e. The lowest BCUT2D eigenvalue weighted by molar-refractivity contribution is 0.0983. The van der Waals surface area contributed by atoms with Crippen molar-refractivity contribution in [1.82, 2.24) is 14.9 Å². The van der Waals surface area contributed by atoms with Crippen LogP contribution >= 0.6 is 0 Å². The summed E-state index contributed by atoms with van der Waals surface area (Å²) in [7, 11) is 1.67. The second-order valence-corrected chi connectivity index (χ2v) is 5.71. The van der Waals surface area contributed by atoms with Gasteiger partial charge in [-0.1, -0.05) is 0 Å². The van der Waals surface area contributed by atoms with Crippen LogP contribution in [-0.4, -0.2) is 67.0 Å². The number of nitrogens with one attached hydrogen (secondary N) is 2. The molecular formula is C16H27N5O3. The van der Waals surface area contributed by atoms with Crippen LogP contribution in [0.4, 0.5) is 16.4 Å². The minimum atomic E-state index is -0.224. The van der Waals surface area contributed by atoms with Crippen LogP contribution < -0.4 is 10.6 Å². The summed E-state index contributed by atoms with van der Waals surface area (Å²) >= 11 is 0. The highest BCUT2D eigenvalue weighted by molar-refractivity contribution is 5.67. The predicted octanol–water partition coefficient (Wildman–Crippen LogP) is 1.88. The van der Waals surface area contributed by atoms with Gasteiger partial charge in [0.05, 0.1) is 13.2 Å². The van der Waals surface area contributed by atoms with Gasteiger partial charge in [0.25, 0.3) is 0 Å². The third kappa shape index (κ3) is 5.52. The summed E-state index contributed by atoms with van der Waals surface area (Å²) in [6.07, 6.45) is 1.52. The minimum absolute atomic E-state index is 0.224. The van der Waals surface area contributed by atoms with E-state index in [9.17, 15) is 4.79 Å². The Kier molecular flexibility index (Phi) is 7.05. The molecule has 1 aromatic rings. The maximum atomic E-state index is 11.7. The molecular weight excluding hydrogens is 310 g/mol. The molecule has 1 saturated heterocycles. The molecule has 134 valence electrons. The second kappa shape index (κ2) is 9.27. The molecule has 24 heavy (non-hydrogen) atoms. The van der Waals surface area contributed by atoms with E-state index < -0.39 is 0 Å². The molecule has 8 nitrogen and oxygen atoms in total. The van der Waals surface area contributed by atoms with Crippen molar-refractivity contribution in [2.45, 2.75) is 32.7 Å². The van der Waals surface area contributed by atoms with Crippen molar-refractivity contribution in [3.05, 3.63) is 11.9 Å². The van der Waals surface area contributed by atoms with Gasteiger partial charge < -0.3 is 25.0 Å². The van der Waals surface area contributed by atoms with E-state index in [0.29, 0.717) is 38.7 Å². The molecule has 0 saturated carbocycles. The zero-order valence-corrected chi connectivity index (χ0v) is 14.7. The van der Waals surface area contributed by atoms with E-state index >= 15 is 0 Å². The topological polar surface area (TPSA) is 88.6 Å². The molecule has 0 spiro atoms. The fourth-order valence-electron chi connectivity index (χ4n) is 2.64. The van der Waals surface area contributed by atoms with E-state index in [1.807, 2.05) is 19.9 Å². The average molecular weight is 337 g/mol. The van der Waals surface area contributed by atoms with Crippen LogP contribution in [0.1, 0.15) is 25.6 Å². The van der Waals surface area contributed by atoms with Crippen LogP contribution in [0.3, 0.4) is 0 Å². The number of hydrogen-bond acceptors (Lipinski definition) is 7. The summed E-state index contributed by atoms with van der Waals surface area (Å²) in [5.74, 6) is 2.30. The molecule has 0 atom stereocenters. The zero-order valence-electron chi connectivity index (χ0n) is 14.7. The van der Waals surface area contributed by atoms with Gasteiger partial charge in [-0.2, -0.15) is 0 Å². The van der Waals surface area contributed by atoms with Crippen LogP contribution in [0, 0.1) is 6.92 Å². The Labute approximate surface area is 142 Å². The number of methoxy groups -OCH3 is 1. The van der Waals surface area contributed by atoms with Gasteiger partial charge in [0.1, 0.15) is 17.5 Å². The maximum Gasteiger partial charge on any atom is 0.409 e. The van der Waals surface area contributed by atoms with Crippen molar-refractivity contribution in [2.75, 3.05) is 50.6 Å². The minimum Gasteiger partial charge on any atom is -0.450 e. The molecule has 0 unspecified atom stereocenters. The first-order chi connectivity index (χ1) is 11.6. The van der Waals surface area contributed by atoms with E-state index in [1.54, 1.807) is 12.0 Å². The van der Waals surface area contributed by atoms with Crippen LogP contribution in [0.25, 0.3) is 0 Å². The van der Waals surface area contributed by atoms with E-state index in [0.717, 1.165) is 24.5 Å². The Morgan fingerprint density at radius 2 is 2.04 bits per heavy atom. The number of aromatic nitrogens is 2. The third-order valence-corrected chi connectivity index (χ3v) is 3.82. The first-order valence-electron chi connectivity index (χ1n) is 8.39. The number of likely N-dealkylation sites (tertiary alicyclic amines) is 1. The molecule has 1 amide bonds. The van der Waals surface area contributed by atoms with Gasteiger partial charge in [-0.3, -0.25) is 0 Å². The molecule has 1 aromatic heterocycles. The number of anilines is 2. The highest BCUT2D eigenvalue weighted by Gasteiger charge is 2.23. The molecule has 0 aliphatic carbocycles. The monoisotopic (exact) mass is 337 g/mol. The number of aryl methyl sites for hydroxylation is 1. The molecule has 0 aromatic carbocycles. The maximum absolute atomic E-state index is 11.7. The second-order valence-electron chi connectivity index (χ2n) is 5.71. The fourth-order valence-corrected chi connectivity index (χ4v) is 2.64. The summed E-state index contributed by atoms with van der Waals surface area (Å²) in [5, 5.41) is 6.66. The van der Waals surface area contributed by atoms with Gasteiger partial charge in [-0.15, -0.1) is 0 Å². The molecule has 1 fully saturated rings. The molecule has 2 N–H and O–H groups in total. The van der Waals surface area contributed by atoms with Crippen LogP contribution in [0.2, 0.25) is 0 Å². The third-order valence-electron chi connectivity index (χ3n) is 3.82. The van der Waals surface area contributed by atoms with Crippen molar-refractivity contribution >= 4 is 17.7 Å². The fraction of sp³-hybridized carbons (Fsp3) is 0.688. The quantitative estimate of drug-likeness (QED) is 0.734. The lowest BCUT2D eigenvalue weighted by Crippen LogP contribution is -2.42. The van der Waals surface area contributed by atoms with Crippen molar-refractivity contribution in [1.29, 1.82) is 0 Å². The van der Waals surface area contributed by atoms with Crippen LogP contribution in [0.5, 0.6) is 0 Å². The average Bonchev–Trinajstić information content (AvgIpc) is 2.55. The van der Waals surface area contributed by atoms with Gasteiger partial charge in [0, 0.05) is 38.9 Å². The summed E-state index contributed by atoms with van der Waals surface area (Å²) in [6, 6.07) is 2.19. The molecule has 1 aliphatic rings. The highest BCUT2D eigenvalue weighted by atomic mass is 16.6. The number of hydrogen-bond donors (Lipinski definition) is 2. The number of ether oxygens (including phenoxy) is 2. The van der Waals surface area contributed by atoms with Crippen molar-refractivity contribution in [3.8, 4) is 0 Å². The Morgan fingerprint density at radius 1 is 1.33 bits per heavy atom. The van der Waals surface area contributed by atoms with E-state index in [2.05, 4.69) is 20.6 Å². The standard InChI is InChI=1S/C16H27N5O3/c1-4-24-16(22)21-8-5-13(6-9-21)20-15-11-14(17-7-10-23-3)18-12(2)19-15/h11,13H,4-10H2,1-3H3,(H2,17,18,19,20).